The Bertz CT molecular complexity index is 1580. The largest absolute Gasteiger partial charge is 0.484 e. The first kappa shape index (κ1) is 25.0. The SMILES string of the molecule is CCS(=O)(=O)c1cc(-c2cc(Cl)cc(Cl)c2)cnc1-n1nc2cc(OCC(F)(F)F)ccn2c1=O. The summed E-state index contributed by atoms with van der Waals surface area (Å²) in [6.07, 6.45) is -2.04. The maximum Gasteiger partial charge on any atom is 0.422 e. The van der Waals surface area contributed by atoms with Crippen LogP contribution in [0.1, 0.15) is 6.92 Å². The summed E-state index contributed by atoms with van der Waals surface area (Å²) in [4.78, 5) is 16.9. The lowest BCUT2D eigenvalue weighted by atomic mass is 10.1. The molecule has 0 atom stereocenters. The Morgan fingerprint density at radius 2 is 1.74 bits per heavy atom. The predicted octanol–water partition coefficient (Wildman–Crippen LogP) is 4.59. The van der Waals surface area contributed by atoms with Gasteiger partial charge in [0.2, 0.25) is 0 Å². The Kier molecular flexibility index (Phi) is 6.56. The molecule has 0 amide bonds. The van der Waals surface area contributed by atoms with Gasteiger partial charge in [-0.3, -0.25) is 0 Å². The zero-order valence-electron chi connectivity index (χ0n) is 17.8. The fourth-order valence-corrected chi connectivity index (χ4v) is 4.77. The van der Waals surface area contributed by atoms with Crippen molar-refractivity contribution in [2.45, 2.75) is 18.0 Å². The molecule has 0 aliphatic carbocycles. The summed E-state index contributed by atoms with van der Waals surface area (Å²) in [5, 5.41) is 4.72. The van der Waals surface area contributed by atoms with Gasteiger partial charge < -0.3 is 4.74 Å². The van der Waals surface area contributed by atoms with Gasteiger partial charge in [0.1, 0.15) is 10.6 Å². The molecule has 0 fully saturated rings. The van der Waals surface area contributed by atoms with E-state index in [9.17, 15) is 26.4 Å². The number of aromatic nitrogens is 4. The van der Waals surface area contributed by atoms with Crippen molar-refractivity contribution in [3.63, 3.8) is 0 Å². The van der Waals surface area contributed by atoms with Gasteiger partial charge in [-0.2, -0.15) is 17.9 Å². The highest BCUT2D eigenvalue weighted by Gasteiger charge is 2.29. The van der Waals surface area contributed by atoms with Crippen molar-refractivity contribution in [3.8, 4) is 22.7 Å². The van der Waals surface area contributed by atoms with Crippen molar-refractivity contribution >= 4 is 38.7 Å². The highest BCUT2D eigenvalue weighted by atomic mass is 35.5. The molecule has 0 bridgehead atoms. The number of halogens is 5. The number of ether oxygens (including phenoxy) is 1. The predicted molar refractivity (Wildman–Crippen MR) is 123 cm³/mol. The molecule has 14 heteroatoms. The molecule has 0 saturated heterocycles. The van der Waals surface area contributed by atoms with E-state index in [1.165, 1.54) is 31.5 Å². The van der Waals surface area contributed by atoms with Crippen molar-refractivity contribution in [1.82, 2.24) is 19.2 Å². The molecule has 3 heterocycles. The number of sulfone groups is 1. The lowest BCUT2D eigenvalue weighted by molar-refractivity contribution is -0.153. The zero-order valence-corrected chi connectivity index (χ0v) is 20.1. The van der Waals surface area contributed by atoms with Crippen LogP contribution >= 0.6 is 23.2 Å². The topological polar surface area (TPSA) is 95.6 Å². The summed E-state index contributed by atoms with van der Waals surface area (Å²) in [6, 6.07) is 8.28. The summed E-state index contributed by atoms with van der Waals surface area (Å²) in [6.45, 7) is -0.0949. The molecule has 35 heavy (non-hydrogen) atoms. The minimum atomic E-state index is -4.55. The molecule has 0 saturated carbocycles. The first-order chi connectivity index (χ1) is 16.4. The van der Waals surface area contributed by atoms with Gasteiger partial charge >= 0.3 is 11.9 Å². The van der Waals surface area contributed by atoms with Crippen LogP contribution in [0.15, 0.2) is 58.5 Å². The maximum atomic E-state index is 12.9. The third kappa shape index (κ3) is 5.29. The Labute approximate surface area is 206 Å². The molecule has 184 valence electrons. The zero-order chi connectivity index (χ0) is 25.5. The minimum Gasteiger partial charge on any atom is -0.484 e. The van der Waals surface area contributed by atoms with Gasteiger partial charge in [-0.1, -0.05) is 30.1 Å². The maximum absolute atomic E-state index is 12.9. The van der Waals surface area contributed by atoms with Crippen molar-refractivity contribution in [2.75, 3.05) is 12.4 Å². The first-order valence-corrected chi connectivity index (χ1v) is 12.3. The van der Waals surface area contributed by atoms with Gasteiger partial charge in [-0.05, 0) is 35.9 Å². The van der Waals surface area contributed by atoms with Crippen LogP contribution in [0.5, 0.6) is 5.75 Å². The number of benzene rings is 1. The molecule has 8 nitrogen and oxygen atoms in total. The smallest absolute Gasteiger partial charge is 0.422 e. The normalized spacial score (nSPS) is 12.3. The second-order valence-corrected chi connectivity index (χ2v) is 10.4. The van der Waals surface area contributed by atoms with E-state index in [1.807, 2.05) is 0 Å². The average Bonchev–Trinajstić information content (AvgIpc) is 3.12. The molecule has 0 N–H and O–H groups in total. The number of fused-ring (bicyclic) bond motifs is 1. The van der Waals surface area contributed by atoms with Gasteiger partial charge in [0.05, 0.1) is 5.75 Å². The molecule has 0 spiro atoms. The molecule has 0 aliphatic heterocycles. The molecule has 1 aromatic carbocycles. The molecule has 0 unspecified atom stereocenters. The molecule has 4 aromatic rings. The van der Waals surface area contributed by atoms with Gasteiger partial charge in [-0.25, -0.2) is 22.6 Å². The van der Waals surface area contributed by atoms with Crippen molar-refractivity contribution in [1.29, 1.82) is 0 Å². The number of pyridine rings is 2. The second-order valence-electron chi connectivity index (χ2n) is 7.30. The summed E-state index contributed by atoms with van der Waals surface area (Å²) < 4.78 is 69.6. The number of hydrogen-bond donors (Lipinski definition) is 0. The Hall–Kier alpha value is -3.09. The minimum absolute atomic E-state index is 0.0676. The van der Waals surface area contributed by atoms with Gasteiger partial charge in [0, 0.05) is 34.1 Å². The molecule has 3 aromatic heterocycles. The summed E-state index contributed by atoms with van der Waals surface area (Å²) in [5.41, 5.74) is 0.0377. The van der Waals surface area contributed by atoms with Crippen LogP contribution in [0.3, 0.4) is 0 Å². The van der Waals surface area contributed by atoms with Crippen LogP contribution in [0.25, 0.3) is 22.6 Å². The van der Waals surface area contributed by atoms with E-state index in [1.54, 1.807) is 12.1 Å². The summed E-state index contributed by atoms with van der Waals surface area (Å²) in [7, 11) is -3.90. The summed E-state index contributed by atoms with van der Waals surface area (Å²) >= 11 is 12.1. The van der Waals surface area contributed by atoms with Gasteiger partial charge in [0.15, 0.2) is 27.9 Å². The monoisotopic (exact) mass is 546 g/mol. The van der Waals surface area contributed by atoms with Gasteiger partial charge in [-0.15, -0.1) is 5.10 Å². The Balaban J connectivity index is 1.86. The van der Waals surface area contributed by atoms with Crippen molar-refractivity contribution < 1.29 is 26.3 Å². The summed E-state index contributed by atoms with van der Waals surface area (Å²) in [5.74, 6) is -0.733. The molecule has 0 radical (unpaired) electrons. The van der Waals surface area contributed by atoms with Crippen LogP contribution in [0.4, 0.5) is 13.2 Å². The van der Waals surface area contributed by atoms with E-state index in [0.29, 0.717) is 21.2 Å². The Morgan fingerprint density at radius 3 is 2.37 bits per heavy atom. The van der Waals surface area contributed by atoms with E-state index >= 15 is 0 Å². The van der Waals surface area contributed by atoms with E-state index in [0.717, 1.165) is 21.2 Å². The van der Waals surface area contributed by atoms with Crippen molar-refractivity contribution in [3.05, 3.63) is 69.3 Å². The molecule has 4 rings (SSSR count). The van der Waals surface area contributed by atoms with E-state index in [-0.39, 0.29) is 27.9 Å². The lowest BCUT2D eigenvalue weighted by Gasteiger charge is -2.11. The fourth-order valence-electron chi connectivity index (χ4n) is 3.21. The highest BCUT2D eigenvalue weighted by molar-refractivity contribution is 7.91. The fraction of sp³-hybridized carbons (Fsp3) is 0.190. The molecular formula is C21H15Cl2F3N4O4S. The van der Waals surface area contributed by atoms with Crippen LogP contribution in [-0.2, 0) is 9.84 Å². The number of nitrogens with zero attached hydrogens (tertiary/aromatic N) is 4. The van der Waals surface area contributed by atoms with Crippen molar-refractivity contribution in [2.24, 2.45) is 0 Å². The van der Waals surface area contributed by atoms with Crippen LogP contribution in [0.2, 0.25) is 10.0 Å². The van der Waals surface area contributed by atoms with Crippen LogP contribution < -0.4 is 10.4 Å². The Morgan fingerprint density at radius 1 is 1.06 bits per heavy atom. The van der Waals surface area contributed by atoms with Crippen LogP contribution in [0, 0.1) is 0 Å². The number of hydrogen-bond acceptors (Lipinski definition) is 6. The standard InChI is InChI=1S/C21H15Cl2F3N4O4S/c1-2-35(32,33)17-7-13(12-5-14(22)8-15(23)6-12)10-27-19(17)30-20(31)29-4-3-16(9-18(29)28-30)34-11-21(24,25)26/h3-10H,2,11H2,1H3. The molecule has 0 aliphatic rings. The number of rotatable bonds is 6. The van der Waals surface area contributed by atoms with Crippen LogP contribution in [-0.4, -0.2) is 46.1 Å². The lowest BCUT2D eigenvalue weighted by Crippen LogP contribution is -2.23. The number of alkyl halides is 3. The van der Waals surface area contributed by atoms with E-state index < -0.39 is 28.3 Å². The third-order valence-electron chi connectivity index (χ3n) is 4.84. The quantitative estimate of drug-likeness (QED) is 0.351. The van der Waals surface area contributed by atoms with E-state index in [2.05, 4.69) is 10.1 Å². The average molecular weight is 547 g/mol. The van der Waals surface area contributed by atoms with E-state index in [4.69, 9.17) is 27.9 Å². The van der Waals surface area contributed by atoms with Gasteiger partial charge in [0.25, 0.3) is 0 Å². The highest BCUT2D eigenvalue weighted by Crippen LogP contribution is 2.30. The first-order valence-electron chi connectivity index (χ1n) is 9.88. The molecular weight excluding hydrogens is 532 g/mol. The second kappa shape index (κ2) is 9.17. The third-order valence-corrected chi connectivity index (χ3v) is 7.01.